The van der Waals surface area contributed by atoms with E-state index >= 15 is 0 Å². The predicted molar refractivity (Wildman–Crippen MR) is 98.7 cm³/mol. The monoisotopic (exact) mass is 365 g/mol. The van der Waals surface area contributed by atoms with E-state index in [0.717, 1.165) is 4.68 Å². The SMILES string of the molecule is Cn1nc(C(=O)Oc2ccc(Cl)c3cccnc23)c2ccccc2c1=O. The van der Waals surface area contributed by atoms with Crippen LogP contribution in [0.5, 0.6) is 5.75 Å². The van der Waals surface area contributed by atoms with Gasteiger partial charge >= 0.3 is 5.97 Å². The average molecular weight is 366 g/mol. The molecule has 2 aromatic carbocycles. The molecule has 4 aromatic rings. The van der Waals surface area contributed by atoms with Gasteiger partial charge in [-0.05, 0) is 30.3 Å². The van der Waals surface area contributed by atoms with Gasteiger partial charge in [0, 0.05) is 24.0 Å². The first-order valence-corrected chi connectivity index (χ1v) is 8.15. The van der Waals surface area contributed by atoms with E-state index in [9.17, 15) is 9.59 Å². The molecule has 4 rings (SSSR count). The van der Waals surface area contributed by atoms with Crippen LogP contribution >= 0.6 is 11.6 Å². The van der Waals surface area contributed by atoms with Gasteiger partial charge in [-0.15, -0.1) is 0 Å². The smallest absolute Gasteiger partial charge is 0.364 e. The second-order valence-corrected chi connectivity index (χ2v) is 6.06. The van der Waals surface area contributed by atoms with Crippen molar-refractivity contribution in [3.05, 3.63) is 75.8 Å². The third-order valence-electron chi connectivity index (χ3n) is 4.03. The van der Waals surface area contributed by atoms with Crippen LogP contribution in [0.4, 0.5) is 0 Å². The number of carbonyl (C=O) groups excluding carboxylic acids is 1. The van der Waals surface area contributed by atoms with Gasteiger partial charge in [0.05, 0.1) is 10.4 Å². The van der Waals surface area contributed by atoms with Crippen molar-refractivity contribution in [3.8, 4) is 5.75 Å². The predicted octanol–water partition coefficient (Wildman–Crippen LogP) is 3.35. The molecule has 0 saturated carbocycles. The van der Waals surface area contributed by atoms with Gasteiger partial charge in [0.25, 0.3) is 5.56 Å². The van der Waals surface area contributed by atoms with Crippen molar-refractivity contribution in [2.75, 3.05) is 0 Å². The van der Waals surface area contributed by atoms with Crippen molar-refractivity contribution in [2.45, 2.75) is 0 Å². The van der Waals surface area contributed by atoms with Crippen LogP contribution in [0.15, 0.2) is 59.5 Å². The molecule has 2 aromatic heterocycles. The molecule has 0 spiro atoms. The number of pyridine rings is 1. The lowest BCUT2D eigenvalue weighted by atomic mass is 10.1. The van der Waals surface area contributed by atoms with E-state index in [1.165, 1.54) is 7.05 Å². The molecule has 0 N–H and O–H groups in total. The summed E-state index contributed by atoms with van der Waals surface area (Å²) in [5.41, 5.74) is 0.250. The molecule has 0 unspecified atom stereocenters. The summed E-state index contributed by atoms with van der Waals surface area (Å²) in [7, 11) is 1.49. The van der Waals surface area contributed by atoms with Gasteiger partial charge in [0.15, 0.2) is 11.4 Å². The number of ether oxygens (including phenoxy) is 1. The number of fused-ring (bicyclic) bond motifs is 2. The summed E-state index contributed by atoms with van der Waals surface area (Å²) in [6.45, 7) is 0. The summed E-state index contributed by atoms with van der Waals surface area (Å²) in [6, 6.07) is 13.5. The van der Waals surface area contributed by atoms with Gasteiger partial charge in [-0.1, -0.05) is 29.8 Å². The Balaban J connectivity index is 1.84. The number of esters is 1. The molecule has 0 atom stereocenters. The molecular formula is C19H12ClN3O3. The Morgan fingerprint density at radius 1 is 1.04 bits per heavy atom. The lowest BCUT2D eigenvalue weighted by Gasteiger charge is -2.10. The number of aryl methyl sites for hydroxylation is 1. The lowest BCUT2D eigenvalue weighted by molar-refractivity contribution is 0.0730. The molecular weight excluding hydrogens is 354 g/mol. The van der Waals surface area contributed by atoms with Crippen molar-refractivity contribution in [1.29, 1.82) is 0 Å². The number of hydrogen-bond acceptors (Lipinski definition) is 5. The summed E-state index contributed by atoms with van der Waals surface area (Å²) >= 11 is 6.17. The number of rotatable bonds is 2. The van der Waals surface area contributed by atoms with Crippen LogP contribution in [-0.4, -0.2) is 20.7 Å². The Morgan fingerprint density at radius 2 is 1.77 bits per heavy atom. The Labute approximate surface area is 152 Å². The highest BCUT2D eigenvalue weighted by Crippen LogP contribution is 2.30. The minimum absolute atomic E-state index is 0.0572. The number of halogens is 1. The normalized spacial score (nSPS) is 11.0. The average Bonchev–Trinajstić information content (AvgIpc) is 2.67. The summed E-state index contributed by atoms with van der Waals surface area (Å²) in [5.74, 6) is -0.402. The minimum Gasteiger partial charge on any atom is -0.419 e. The topological polar surface area (TPSA) is 74.1 Å². The third-order valence-corrected chi connectivity index (χ3v) is 4.36. The highest BCUT2D eigenvalue weighted by Gasteiger charge is 2.19. The van der Waals surface area contributed by atoms with Gasteiger partial charge in [-0.3, -0.25) is 9.78 Å². The van der Waals surface area contributed by atoms with Crippen LogP contribution in [0, 0.1) is 0 Å². The molecule has 6 nitrogen and oxygen atoms in total. The van der Waals surface area contributed by atoms with E-state index in [-0.39, 0.29) is 17.0 Å². The molecule has 0 aliphatic heterocycles. The van der Waals surface area contributed by atoms with Gasteiger partial charge < -0.3 is 4.74 Å². The molecule has 0 aliphatic rings. The Kier molecular flexibility index (Phi) is 3.89. The summed E-state index contributed by atoms with van der Waals surface area (Å²) in [4.78, 5) is 29.2. The van der Waals surface area contributed by atoms with Crippen molar-refractivity contribution < 1.29 is 9.53 Å². The van der Waals surface area contributed by atoms with Crippen LogP contribution in [0.25, 0.3) is 21.7 Å². The fourth-order valence-corrected chi connectivity index (χ4v) is 3.01. The fourth-order valence-electron chi connectivity index (χ4n) is 2.79. The molecule has 0 amide bonds. The first kappa shape index (κ1) is 16.2. The zero-order chi connectivity index (χ0) is 18.3. The second kappa shape index (κ2) is 6.24. The van der Waals surface area contributed by atoms with Gasteiger partial charge in [0.1, 0.15) is 5.52 Å². The van der Waals surface area contributed by atoms with Crippen LogP contribution in [0.1, 0.15) is 10.5 Å². The minimum atomic E-state index is -0.675. The quantitative estimate of drug-likeness (QED) is 0.402. The molecule has 0 bridgehead atoms. The van der Waals surface area contributed by atoms with Crippen LogP contribution < -0.4 is 10.3 Å². The third kappa shape index (κ3) is 2.60. The van der Waals surface area contributed by atoms with Crippen LogP contribution in [0.2, 0.25) is 5.02 Å². The number of benzene rings is 2. The van der Waals surface area contributed by atoms with E-state index in [0.29, 0.717) is 26.7 Å². The number of aromatic nitrogens is 3. The van der Waals surface area contributed by atoms with Crippen molar-refractivity contribution in [3.63, 3.8) is 0 Å². The maximum absolute atomic E-state index is 12.8. The molecule has 2 heterocycles. The molecule has 0 radical (unpaired) electrons. The summed E-state index contributed by atoms with van der Waals surface area (Å²) in [5, 5.41) is 6.10. The highest BCUT2D eigenvalue weighted by atomic mass is 35.5. The highest BCUT2D eigenvalue weighted by molar-refractivity contribution is 6.35. The van der Waals surface area contributed by atoms with Crippen molar-refractivity contribution in [1.82, 2.24) is 14.8 Å². The van der Waals surface area contributed by atoms with Gasteiger partial charge in [-0.25, -0.2) is 9.48 Å². The molecule has 26 heavy (non-hydrogen) atoms. The molecule has 128 valence electrons. The van der Waals surface area contributed by atoms with E-state index in [2.05, 4.69) is 10.1 Å². The van der Waals surface area contributed by atoms with E-state index in [1.807, 2.05) is 0 Å². The lowest BCUT2D eigenvalue weighted by Crippen LogP contribution is -2.24. The van der Waals surface area contributed by atoms with Crippen LogP contribution in [-0.2, 0) is 7.05 Å². The van der Waals surface area contributed by atoms with Crippen LogP contribution in [0.3, 0.4) is 0 Å². The zero-order valence-corrected chi connectivity index (χ0v) is 14.4. The first-order chi connectivity index (χ1) is 12.6. The Hall–Kier alpha value is -3.25. The maximum Gasteiger partial charge on any atom is 0.364 e. The Bertz CT molecular complexity index is 1230. The molecule has 0 aliphatic carbocycles. The zero-order valence-electron chi connectivity index (χ0n) is 13.6. The maximum atomic E-state index is 12.8. The fraction of sp³-hybridized carbons (Fsp3) is 0.0526. The standard InChI is InChI=1S/C19H12ClN3O3/c1-23-18(24)12-6-3-2-5-11(12)17(22-23)19(25)26-15-9-8-14(20)13-7-4-10-21-16(13)15/h2-10H,1H3. The van der Waals surface area contributed by atoms with Crippen molar-refractivity contribution >= 4 is 39.2 Å². The van der Waals surface area contributed by atoms with E-state index in [4.69, 9.17) is 16.3 Å². The molecule has 0 fully saturated rings. The van der Waals surface area contributed by atoms with E-state index < -0.39 is 5.97 Å². The molecule has 0 saturated heterocycles. The molecule has 7 heteroatoms. The summed E-state index contributed by atoms with van der Waals surface area (Å²) in [6.07, 6.45) is 1.59. The number of hydrogen-bond donors (Lipinski definition) is 0. The van der Waals surface area contributed by atoms with E-state index in [1.54, 1.807) is 54.7 Å². The second-order valence-electron chi connectivity index (χ2n) is 5.66. The van der Waals surface area contributed by atoms with Gasteiger partial charge in [-0.2, -0.15) is 5.10 Å². The van der Waals surface area contributed by atoms with Gasteiger partial charge in [0.2, 0.25) is 0 Å². The van der Waals surface area contributed by atoms with Crippen molar-refractivity contribution in [2.24, 2.45) is 7.05 Å². The number of carbonyl (C=O) groups is 1. The first-order valence-electron chi connectivity index (χ1n) is 7.78. The Morgan fingerprint density at radius 3 is 2.58 bits per heavy atom. The summed E-state index contributed by atoms with van der Waals surface area (Å²) < 4.78 is 6.66. The number of nitrogens with zero attached hydrogens (tertiary/aromatic N) is 3. The largest absolute Gasteiger partial charge is 0.419 e.